The standard InChI is InChI=1S/C16H38N2Si/c1-9-17(10-2)19(13-15(5)6,14-16(7)8)18(11-3)12-4/h15-16H,9-14H2,1-8H3. The first-order chi connectivity index (χ1) is 8.87. The van der Waals surface area contributed by atoms with Gasteiger partial charge in [-0.2, -0.15) is 0 Å². The molecule has 0 aromatic rings. The third-order valence-corrected chi connectivity index (χ3v) is 10.7. The molecule has 0 heterocycles. The maximum Gasteiger partial charge on any atom is 0.207 e. The fourth-order valence-electron chi connectivity index (χ4n) is 3.73. The van der Waals surface area contributed by atoms with Crippen LogP contribution < -0.4 is 0 Å². The molecule has 0 aliphatic carbocycles. The normalized spacial score (nSPS) is 13.3. The molecule has 0 bridgehead atoms. The molecule has 19 heavy (non-hydrogen) atoms. The molecule has 0 aliphatic heterocycles. The van der Waals surface area contributed by atoms with Crippen LogP contribution in [-0.4, -0.2) is 43.7 Å². The molecule has 0 N–H and O–H groups in total. The van der Waals surface area contributed by atoms with Crippen molar-refractivity contribution in [3.05, 3.63) is 0 Å². The summed E-state index contributed by atoms with van der Waals surface area (Å²) in [5.74, 6) is 1.60. The van der Waals surface area contributed by atoms with Gasteiger partial charge in [-0.1, -0.05) is 55.4 Å². The maximum atomic E-state index is 2.83. The zero-order valence-corrected chi connectivity index (χ0v) is 15.8. The topological polar surface area (TPSA) is 6.48 Å². The van der Waals surface area contributed by atoms with Crippen molar-refractivity contribution < 1.29 is 0 Å². The Hall–Kier alpha value is 0.137. The van der Waals surface area contributed by atoms with Crippen LogP contribution in [0.15, 0.2) is 0 Å². The highest BCUT2D eigenvalue weighted by Crippen LogP contribution is 2.31. The van der Waals surface area contributed by atoms with Gasteiger partial charge in [0.2, 0.25) is 8.40 Å². The zero-order valence-electron chi connectivity index (χ0n) is 14.8. The molecule has 0 atom stereocenters. The van der Waals surface area contributed by atoms with Crippen molar-refractivity contribution in [2.24, 2.45) is 11.8 Å². The second kappa shape index (κ2) is 9.14. The van der Waals surface area contributed by atoms with Gasteiger partial charge in [-0.3, -0.25) is 0 Å². The van der Waals surface area contributed by atoms with E-state index < -0.39 is 8.40 Å². The minimum absolute atomic E-state index is 0.798. The van der Waals surface area contributed by atoms with E-state index in [2.05, 4.69) is 64.5 Å². The Labute approximate surface area is 123 Å². The summed E-state index contributed by atoms with van der Waals surface area (Å²) < 4.78 is 5.67. The van der Waals surface area contributed by atoms with Crippen molar-refractivity contribution in [1.82, 2.24) is 9.13 Å². The lowest BCUT2D eigenvalue weighted by atomic mass is 10.3. The average Bonchev–Trinajstić information content (AvgIpc) is 2.30. The van der Waals surface area contributed by atoms with E-state index in [-0.39, 0.29) is 0 Å². The first-order valence-electron chi connectivity index (χ1n) is 8.37. The van der Waals surface area contributed by atoms with E-state index in [9.17, 15) is 0 Å². The van der Waals surface area contributed by atoms with Crippen LogP contribution in [0.5, 0.6) is 0 Å². The lowest BCUT2D eigenvalue weighted by Crippen LogP contribution is -2.66. The van der Waals surface area contributed by atoms with Gasteiger partial charge in [-0.15, -0.1) is 0 Å². The lowest BCUT2D eigenvalue weighted by Gasteiger charge is -2.50. The molecule has 116 valence electrons. The Morgan fingerprint density at radius 2 is 0.895 bits per heavy atom. The number of hydrogen-bond donors (Lipinski definition) is 0. The van der Waals surface area contributed by atoms with Crippen LogP contribution in [0.25, 0.3) is 0 Å². The van der Waals surface area contributed by atoms with Crippen LogP contribution in [0.4, 0.5) is 0 Å². The highest BCUT2D eigenvalue weighted by atomic mass is 28.3. The fourth-order valence-corrected chi connectivity index (χ4v) is 10.3. The van der Waals surface area contributed by atoms with E-state index in [1.807, 2.05) is 0 Å². The predicted molar refractivity (Wildman–Crippen MR) is 90.9 cm³/mol. The number of hydrogen-bond acceptors (Lipinski definition) is 2. The van der Waals surface area contributed by atoms with Crippen LogP contribution in [0.3, 0.4) is 0 Å². The van der Waals surface area contributed by atoms with Crippen molar-refractivity contribution >= 4 is 8.40 Å². The van der Waals surface area contributed by atoms with E-state index in [4.69, 9.17) is 0 Å². The smallest absolute Gasteiger partial charge is 0.207 e. The van der Waals surface area contributed by atoms with Crippen molar-refractivity contribution in [3.63, 3.8) is 0 Å². The summed E-state index contributed by atoms with van der Waals surface area (Å²) >= 11 is 0. The quantitative estimate of drug-likeness (QED) is 0.548. The van der Waals surface area contributed by atoms with Gasteiger partial charge in [0.05, 0.1) is 0 Å². The van der Waals surface area contributed by atoms with Crippen molar-refractivity contribution in [1.29, 1.82) is 0 Å². The van der Waals surface area contributed by atoms with Gasteiger partial charge in [-0.05, 0) is 50.1 Å². The first kappa shape index (κ1) is 19.1. The molecule has 0 saturated carbocycles. The van der Waals surface area contributed by atoms with E-state index in [0.29, 0.717) is 0 Å². The number of rotatable bonds is 10. The molecule has 0 aromatic carbocycles. The van der Waals surface area contributed by atoms with Crippen LogP contribution in [0.1, 0.15) is 55.4 Å². The van der Waals surface area contributed by atoms with Gasteiger partial charge >= 0.3 is 0 Å². The van der Waals surface area contributed by atoms with Crippen LogP contribution >= 0.6 is 0 Å². The monoisotopic (exact) mass is 286 g/mol. The van der Waals surface area contributed by atoms with Gasteiger partial charge < -0.3 is 9.13 Å². The van der Waals surface area contributed by atoms with Crippen LogP contribution in [0.2, 0.25) is 12.1 Å². The highest BCUT2D eigenvalue weighted by molar-refractivity contribution is 6.74. The van der Waals surface area contributed by atoms with Gasteiger partial charge in [0.25, 0.3) is 0 Å². The Kier molecular flexibility index (Phi) is 9.21. The Balaban J connectivity index is 5.53. The molecule has 2 nitrogen and oxygen atoms in total. The molecule has 0 fully saturated rings. The third-order valence-electron chi connectivity index (χ3n) is 4.17. The second-order valence-corrected chi connectivity index (χ2v) is 10.6. The second-order valence-electron chi connectivity index (χ2n) is 6.52. The summed E-state index contributed by atoms with van der Waals surface area (Å²) in [6.45, 7) is 23.8. The summed E-state index contributed by atoms with van der Waals surface area (Å²) in [6.07, 6.45) is 0. The molecule has 0 spiro atoms. The van der Waals surface area contributed by atoms with Gasteiger partial charge in [0.1, 0.15) is 0 Å². The van der Waals surface area contributed by atoms with Crippen LogP contribution in [-0.2, 0) is 0 Å². The first-order valence-corrected chi connectivity index (χ1v) is 10.7. The van der Waals surface area contributed by atoms with Gasteiger partial charge in [0.15, 0.2) is 0 Å². The maximum absolute atomic E-state index is 2.83. The van der Waals surface area contributed by atoms with E-state index in [0.717, 1.165) is 11.8 Å². The summed E-state index contributed by atoms with van der Waals surface area (Å²) in [6, 6.07) is 2.82. The van der Waals surface area contributed by atoms with Gasteiger partial charge in [-0.25, -0.2) is 0 Å². The zero-order chi connectivity index (χ0) is 15.1. The SMILES string of the molecule is CCN(CC)[Si](CC(C)C)(CC(C)C)N(CC)CC. The van der Waals surface area contributed by atoms with Crippen molar-refractivity contribution in [2.75, 3.05) is 26.2 Å². The Bertz CT molecular complexity index is 197. The molecule has 0 saturated heterocycles. The summed E-state index contributed by atoms with van der Waals surface area (Å²) in [5.41, 5.74) is 0. The van der Waals surface area contributed by atoms with Crippen molar-refractivity contribution in [3.8, 4) is 0 Å². The third kappa shape index (κ3) is 5.20. The number of nitrogens with zero attached hydrogens (tertiary/aromatic N) is 2. The average molecular weight is 287 g/mol. The summed E-state index contributed by atoms with van der Waals surface area (Å²) in [7, 11) is -1.51. The molecule has 0 radical (unpaired) electrons. The van der Waals surface area contributed by atoms with E-state index in [1.165, 1.54) is 38.3 Å². The molecular formula is C16H38N2Si. The van der Waals surface area contributed by atoms with Crippen LogP contribution in [0, 0.1) is 11.8 Å². The Morgan fingerprint density at radius 3 is 1.05 bits per heavy atom. The predicted octanol–water partition coefficient (Wildman–Crippen LogP) is 4.42. The summed E-state index contributed by atoms with van der Waals surface area (Å²) in [5, 5.41) is 0. The molecular weight excluding hydrogens is 248 g/mol. The summed E-state index contributed by atoms with van der Waals surface area (Å²) in [4.78, 5) is 0. The largest absolute Gasteiger partial charge is 0.312 e. The van der Waals surface area contributed by atoms with Crippen molar-refractivity contribution in [2.45, 2.75) is 67.5 Å². The van der Waals surface area contributed by atoms with E-state index in [1.54, 1.807) is 0 Å². The fraction of sp³-hybridized carbons (Fsp3) is 1.00. The molecule has 3 heteroatoms. The lowest BCUT2D eigenvalue weighted by molar-refractivity contribution is 0.333. The van der Waals surface area contributed by atoms with Gasteiger partial charge in [0, 0.05) is 0 Å². The minimum atomic E-state index is -1.51. The molecule has 0 rings (SSSR count). The molecule has 0 aromatic heterocycles. The molecule has 0 amide bonds. The highest BCUT2D eigenvalue weighted by Gasteiger charge is 2.43. The molecule has 0 aliphatic rings. The van der Waals surface area contributed by atoms with E-state index >= 15 is 0 Å². The Morgan fingerprint density at radius 1 is 0.632 bits per heavy atom. The minimum Gasteiger partial charge on any atom is -0.312 e. The molecule has 0 unspecified atom stereocenters.